The topological polar surface area (TPSA) is 59.2 Å². The highest BCUT2D eigenvalue weighted by Gasteiger charge is 2.26. The highest BCUT2D eigenvalue weighted by atomic mass is 35.5. The van der Waals surface area contributed by atoms with E-state index in [-0.39, 0.29) is 18.3 Å². The summed E-state index contributed by atoms with van der Waals surface area (Å²) >= 11 is 0. The first kappa shape index (κ1) is 15.9. The third kappa shape index (κ3) is 3.45. The molecule has 1 aliphatic rings. The fourth-order valence-corrected chi connectivity index (χ4v) is 2.47. The standard InChI is InChI=1S/C14H21N3O.ClH/c1-3-11-6-7-17(9-11)14(18)13-5-4-12(8-15)16-10(13)2;/h4-5,11H,3,6-9,15H2,1-2H3;1H. The number of aryl methyl sites for hydroxylation is 1. The molecule has 1 fully saturated rings. The molecule has 1 aliphatic heterocycles. The number of hydrogen-bond donors (Lipinski definition) is 1. The number of nitrogens with two attached hydrogens (primary N) is 1. The Hall–Kier alpha value is -1.13. The molecule has 1 unspecified atom stereocenters. The summed E-state index contributed by atoms with van der Waals surface area (Å²) in [5.74, 6) is 0.769. The van der Waals surface area contributed by atoms with Crippen molar-refractivity contribution in [3.8, 4) is 0 Å². The fourth-order valence-electron chi connectivity index (χ4n) is 2.47. The molecule has 2 N–H and O–H groups in total. The lowest BCUT2D eigenvalue weighted by molar-refractivity contribution is 0.0785. The molecule has 1 atom stereocenters. The first-order chi connectivity index (χ1) is 8.65. The van der Waals surface area contributed by atoms with Gasteiger partial charge in [-0.15, -0.1) is 12.4 Å². The predicted molar refractivity (Wildman–Crippen MR) is 78.4 cm³/mol. The smallest absolute Gasteiger partial charge is 0.255 e. The first-order valence-corrected chi connectivity index (χ1v) is 6.61. The minimum absolute atomic E-state index is 0. The molecule has 0 aliphatic carbocycles. The van der Waals surface area contributed by atoms with E-state index in [2.05, 4.69) is 11.9 Å². The monoisotopic (exact) mass is 283 g/mol. The Morgan fingerprint density at radius 1 is 1.53 bits per heavy atom. The van der Waals surface area contributed by atoms with E-state index in [9.17, 15) is 4.79 Å². The van der Waals surface area contributed by atoms with E-state index in [0.29, 0.717) is 18.0 Å². The Balaban J connectivity index is 0.00000180. The van der Waals surface area contributed by atoms with Gasteiger partial charge >= 0.3 is 0 Å². The molecule has 0 spiro atoms. The summed E-state index contributed by atoms with van der Waals surface area (Å²) in [6.07, 6.45) is 2.27. The van der Waals surface area contributed by atoms with Crippen LogP contribution in [0.15, 0.2) is 12.1 Å². The summed E-state index contributed by atoms with van der Waals surface area (Å²) in [5.41, 5.74) is 7.87. The maximum absolute atomic E-state index is 12.4. The van der Waals surface area contributed by atoms with Crippen molar-refractivity contribution in [1.82, 2.24) is 9.88 Å². The number of rotatable bonds is 3. The van der Waals surface area contributed by atoms with Gasteiger partial charge in [0.2, 0.25) is 0 Å². The zero-order valence-corrected chi connectivity index (χ0v) is 12.4. The van der Waals surface area contributed by atoms with E-state index in [1.165, 1.54) is 0 Å². The number of carbonyl (C=O) groups is 1. The van der Waals surface area contributed by atoms with Gasteiger partial charge in [-0.2, -0.15) is 0 Å². The zero-order chi connectivity index (χ0) is 13.1. The molecule has 0 radical (unpaired) electrons. The summed E-state index contributed by atoms with van der Waals surface area (Å²) in [6, 6.07) is 3.69. The van der Waals surface area contributed by atoms with Crippen LogP contribution in [-0.2, 0) is 6.54 Å². The van der Waals surface area contributed by atoms with E-state index in [1.807, 2.05) is 24.0 Å². The van der Waals surface area contributed by atoms with Crippen LogP contribution in [0.25, 0.3) is 0 Å². The van der Waals surface area contributed by atoms with Crippen molar-refractivity contribution in [2.75, 3.05) is 13.1 Å². The largest absolute Gasteiger partial charge is 0.338 e. The highest BCUT2D eigenvalue weighted by Crippen LogP contribution is 2.21. The summed E-state index contributed by atoms with van der Waals surface area (Å²) in [6.45, 7) is 6.22. The Morgan fingerprint density at radius 3 is 2.79 bits per heavy atom. The third-order valence-electron chi connectivity index (χ3n) is 3.73. The zero-order valence-electron chi connectivity index (χ0n) is 11.6. The maximum atomic E-state index is 12.4. The molecule has 4 nitrogen and oxygen atoms in total. The molecule has 0 aromatic carbocycles. The quantitative estimate of drug-likeness (QED) is 0.925. The number of nitrogens with zero attached hydrogens (tertiary/aromatic N) is 2. The van der Waals surface area contributed by atoms with Crippen molar-refractivity contribution in [3.63, 3.8) is 0 Å². The van der Waals surface area contributed by atoms with Gasteiger partial charge in [0.15, 0.2) is 0 Å². The molecular formula is C14H22ClN3O. The van der Waals surface area contributed by atoms with Gasteiger partial charge in [0.05, 0.1) is 17.0 Å². The molecule has 1 amide bonds. The lowest BCUT2D eigenvalue weighted by Crippen LogP contribution is -2.29. The van der Waals surface area contributed by atoms with E-state index in [0.717, 1.165) is 37.3 Å². The second kappa shape index (κ2) is 6.87. The second-order valence-electron chi connectivity index (χ2n) is 4.95. The molecule has 5 heteroatoms. The van der Waals surface area contributed by atoms with Crippen LogP contribution in [0.2, 0.25) is 0 Å². The minimum atomic E-state index is 0. The van der Waals surface area contributed by atoms with Gasteiger partial charge in [0.25, 0.3) is 5.91 Å². The van der Waals surface area contributed by atoms with Gasteiger partial charge in [-0.3, -0.25) is 9.78 Å². The normalized spacial score (nSPS) is 18.3. The summed E-state index contributed by atoms with van der Waals surface area (Å²) in [7, 11) is 0. The van der Waals surface area contributed by atoms with Gasteiger partial charge in [0, 0.05) is 19.6 Å². The molecule has 1 aromatic heterocycles. The Labute approximate surface area is 120 Å². The van der Waals surface area contributed by atoms with Crippen molar-refractivity contribution in [1.29, 1.82) is 0 Å². The van der Waals surface area contributed by atoms with Crippen LogP contribution in [-0.4, -0.2) is 28.9 Å². The molecule has 1 aromatic rings. The first-order valence-electron chi connectivity index (χ1n) is 6.61. The maximum Gasteiger partial charge on any atom is 0.255 e. The van der Waals surface area contributed by atoms with Crippen LogP contribution in [0, 0.1) is 12.8 Å². The molecular weight excluding hydrogens is 262 g/mol. The SMILES string of the molecule is CCC1CCN(C(=O)c2ccc(CN)nc2C)C1.Cl. The lowest BCUT2D eigenvalue weighted by atomic mass is 10.1. The molecule has 1 saturated heterocycles. The van der Waals surface area contributed by atoms with Crippen molar-refractivity contribution in [2.24, 2.45) is 11.7 Å². The number of aromatic nitrogens is 1. The second-order valence-corrected chi connectivity index (χ2v) is 4.95. The Bertz CT molecular complexity index is 450. The van der Waals surface area contributed by atoms with Crippen LogP contribution in [0.3, 0.4) is 0 Å². The van der Waals surface area contributed by atoms with Gasteiger partial charge in [0.1, 0.15) is 0 Å². The van der Waals surface area contributed by atoms with Crippen molar-refractivity contribution in [2.45, 2.75) is 33.2 Å². The van der Waals surface area contributed by atoms with E-state index in [4.69, 9.17) is 5.73 Å². The molecule has 2 rings (SSSR count). The number of likely N-dealkylation sites (tertiary alicyclic amines) is 1. The van der Waals surface area contributed by atoms with Crippen molar-refractivity contribution >= 4 is 18.3 Å². The molecule has 2 heterocycles. The van der Waals surface area contributed by atoms with Crippen LogP contribution in [0.4, 0.5) is 0 Å². The Kier molecular flexibility index (Phi) is 5.76. The lowest BCUT2D eigenvalue weighted by Gasteiger charge is -2.17. The van der Waals surface area contributed by atoms with Crippen molar-refractivity contribution < 1.29 is 4.79 Å². The average Bonchev–Trinajstić information content (AvgIpc) is 2.86. The highest BCUT2D eigenvalue weighted by molar-refractivity contribution is 5.95. The molecule has 0 saturated carbocycles. The molecule has 106 valence electrons. The summed E-state index contributed by atoms with van der Waals surface area (Å²) in [5, 5.41) is 0. The third-order valence-corrected chi connectivity index (χ3v) is 3.73. The number of pyridine rings is 1. The summed E-state index contributed by atoms with van der Waals surface area (Å²) in [4.78, 5) is 18.7. The predicted octanol–water partition coefficient (Wildman–Crippen LogP) is 2.14. The number of carbonyl (C=O) groups excluding carboxylic acids is 1. The van der Waals surface area contributed by atoms with Gasteiger partial charge in [-0.1, -0.05) is 13.3 Å². The van der Waals surface area contributed by atoms with Gasteiger partial charge in [-0.25, -0.2) is 0 Å². The number of amides is 1. The van der Waals surface area contributed by atoms with Crippen LogP contribution in [0.5, 0.6) is 0 Å². The van der Waals surface area contributed by atoms with Gasteiger partial charge in [-0.05, 0) is 31.4 Å². The van der Waals surface area contributed by atoms with E-state index >= 15 is 0 Å². The number of halogens is 1. The number of hydrogen-bond acceptors (Lipinski definition) is 3. The van der Waals surface area contributed by atoms with Crippen LogP contribution < -0.4 is 5.73 Å². The average molecular weight is 284 g/mol. The van der Waals surface area contributed by atoms with Crippen molar-refractivity contribution in [3.05, 3.63) is 29.1 Å². The summed E-state index contributed by atoms with van der Waals surface area (Å²) < 4.78 is 0. The van der Waals surface area contributed by atoms with E-state index < -0.39 is 0 Å². The van der Waals surface area contributed by atoms with Crippen LogP contribution in [0.1, 0.15) is 41.5 Å². The van der Waals surface area contributed by atoms with E-state index in [1.54, 1.807) is 0 Å². The Morgan fingerprint density at radius 2 is 2.26 bits per heavy atom. The molecule has 0 bridgehead atoms. The van der Waals surface area contributed by atoms with Crippen LogP contribution >= 0.6 is 12.4 Å². The van der Waals surface area contributed by atoms with Gasteiger partial charge < -0.3 is 10.6 Å². The fraction of sp³-hybridized carbons (Fsp3) is 0.571. The minimum Gasteiger partial charge on any atom is -0.338 e. The molecule has 19 heavy (non-hydrogen) atoms.